The highest BCUT2D eigenvalue weighted by Gasteiger charge is 2.34. The molecule has 1 saturated heterocycles. The third kappa shape index (κ3) is 5.23. The second kappa shape index (κ2) is 9.80. The molecule has 0 saturated carbocycles. The fraction of sp³-hybridized carbons (Fsp3) is 0.444. The molecule has 36 heavy (non-hydrogen) atoms. The normalized spacial score (nSPS) is 17.3. The Morgan fingerprint density at radius 2 is 2.03 bits per heavy atom. The van der Waals surface area contributed by atoms with E-state index >= 15 is 0 Å². The molecule has 2 aromatic carbocycles. The van der Waals surface area contributed by atoms with E-state index in [0.29, 0.717) is 5.82 Å². The highest BCUT2D eigenvalue weighted by Crippen LogP contribution is 2.39. The Bertz CT molecular complexity index is 1370. The van der Waals surface area contributed by atoms with E-state index in [2.05, 4.69) is 55.2 Å². The first-order chi connectivity index (χ1) is 17.2. The SMILES string of the molecule is C[C@@H](CN(C)C)Oc1cc(N2CC[C@@H](C(C)(C)O)C2)cc2ncnc(Nc3ccc4ncsc4c3)c12. The lowest BCUT2D eigenvalue weighted by atomic mass is 9.90. The van der Waals surface area contributed by atoms with Crippen LogP contribution in [0.25, 0.3) is 21.1 Å². The summed E-state index contributed by atoms with van der Waals surface area (Å²) in [5.41, 5.74) is 4.95. The molecule has 4 aromatic rings. The molecule has 0 spiro atoms. The average Bonchev–Trinajstić information content (AvgIpc) is 3.48. The minimum atomic E-state index is -0.705. The minimum Gasteiger partial charge on any atom is -0.488 e. The van der Waals surface area contributed by atoms with E-state index in [1.165, 1.54) is 0 Å². The number of rotatable bonds is 8. The summed E-state index contributed by atoms with van der Waals surface area (Å²) in [7, 11) is 4.09. The van der Waals surface area contributed by atoms with Crippen LogP contribution in [0.1, 0.15) is 27.2 Å². The Kier molecular flexibility index (Phi) is 6.72. The number of nitrogens with one attached hydrogen (secondary N) is 1. The molecule has 3 heterocycles. The van der Waals surface area contributed by atoms with E-state index in [9.17, 15) is 5.11 Å². The summed E-state index contributed by atoms with van der Waals surface area (Å²) in [5, 5.41) is 14.9. The molecule has 1 fully saturated rings. The number of nitrogens with zero attached hydrogens (tertiary/aromatic N) is 5. The van der Waals surface area contributed by atoms with Crippen LogP contribution in [0.4, 0.5) is 17.2 Å². The zero-order valence-corrected chi connectivity index (χ0v) is 22.3. The fourth-order valence-corrected chi connectivity index (χ4v) is 5.64. The second-order valence-corrected chi connectivity index (χ2v) is 11.4. The molecule has 190 valence electrons. The molecule has 2 N–H and O–H groups in total. The van der Waals surface area contributed by atoms with Crippen LogP contribution in [0.5, 0.6) is 5.75 Å². The maximum Gasteiger partial charge on any atom is 0.145 e. The molecule has 0 aliphatic carbocycles. The van der Waals surface area contributed by atoms with Crippen molar-refractivity contribution in [1.29, 1.82) is 0 Å². The van der Waals surface area contributed by atoms with Gasteiger partial charge in [-0.15, -0.1) is 11.3 Å². The van der Waals surface area contributed by atoms with Crippen molar-refractivity contribution in [2.75, 3.05) is 43.9 Å². The fourth-order valence-electron chi connectivity index (χ4n) is 4.92. The van der Waals surface area contributed by atoms with Gasteiger partial charge in [0.05, 0.1) is 32.2 Å². The molecule has 1 aliphatic heterocycles. The number of aromatic nitrogens is 3. The van der Waals surface area contributed by atoms with E-state index in [0.717, 1.165) is 64.3 Å². The van der Waals surface area contributed by atoms with Crippen LogP contribution in [0.2, 0.25) is 0 Å². The Hall–Kier alpha value is -3.01. The summed E-state index contributed by atoms with van der Waals surface area (Å²) in [6.07, 6.45) is 2.52. The summed E-state index contributed by atoms with van der Waals surface area (Å²) < 4.78 is 7.64. The molecule has 9 heteroatoms. The molecular weight excluding hydrogens is 472 g/mol. The van der Waals surface area contributed by atoms with Gasteiger partial charge in [0, 0.05) is 43.0 Å². The predicted molar refractivity (Wildman–Crippen MR) is 148 cm³/mol. The van der Waals surface area contributed by atoms with Crippen LogP contribution >= 0.6 is 11.3 Å². The number of aliphatic hydroxyl groups is 1. The van der Waals surface area contributed by atoms with Gasteiger partial charge in [-0.05, 0) is 65.6 Å². The first-order valence-electron chi connectivity index (χ1n) is 12.3. The first kappa shape index (κ1) is 24.7. The molecule has 0 radical (unpaired) electrons. The smallest absolute Gasteiger partial charge is 0.145 e. The number of anilines is 3. The summed E-state index contributed by atoms with van der Waals surface area (Å²) in [6, 6.07) is 10.3. The highest BCUT2D eigenvalue weighted by molar-refractivity contribution is 7.16. The highest BCUT2D eigenvalue weighted by atomic mass is 32.1. The molecule has 8 nitrogen and oxygen atoms in total. The minimum absolute atomic E-state index is 0.0252. The van der Waals surface area contributed by atoms with E-state index in [4.69, 9.17) is 4.74 Å². The van der Waals surface area contributed by atoms with Crippen LogP contribution in [0.15, 0.2) is 42.2 Å². The Morgan fingerprint density at radius 3 is 2.78 bits per heavy atom. The number of hydrogen-bond donors (Lipinski definition) is 2. The molecule has 2 aromatic heterocycles. The van der Waals surface area contributed by atoms with Crippen molar-refractivity contribution in [1.82, 2.24) is 19.9 Å². The molecular formula is C27H34N6O2S. The van der Waals surface area contributed by atoms with Crippen LogP contribution in [-0.4, -0.2) is 70.4 Å². The van der Waals surface area contributed by atoms with E-state index < -0.39 is 5.60 Å². The summed E-state index contributed by atoms with van der Waals surface area (Å²) >= 11 is 1.61. The van der Waals surface area contributed by atoms with Crippen molar-refractivity contribution < 1.29 is 9.84 Å². The van der Waals surface area contributed by atoms with Gasteiger partial charge in [-0.3, -0.25) is 0 Å². The third-order valence-corrected chi connectivity index (χ3v) is 7.58. The van der Waals surface area contributed by atoms with Gasteiger partial charge in [0.2, 0.25) is 0 Å². The Balaban J connectivity index is 1.54. The van der Waals surface area contributed by atoms with E-state index in [-0.39, 0.29) is 12.0 Å². The van der Waals surface area contributed by atoms with Gasteiger partial charge >= 0.3 is 0 Å². The molecule has 0 amide bonds. The zero-order chi connectivity index (χ0) is 25.4. The third-order valence-electron chi connectivity index (χ3n) is 6.78. The summed E-state index contributed by atoms with van der Waals surface area (Å²) in [5.74, 6) is 1.68. The van der Waals surface area contributed by atoms with E-state index in [1.807, 2.05) is 45.6 Å². The summed E-state index contributed by atoms with van der Waals surface area (Å²) in [4.78, 5) is 18.0. The van der Waals surface area contributed by atoms with Crippen molar-refractivity contribution in [2.45, 2.75) is 38.9 Å². The Morgan fingerprint density at radius 1 is 1.19 bits per heavy atom. The number of ether oxygens (including phenoxy) is 1. The molecule has 5 rings (SSSR count). The van der Waals surface area contributed by atoms with Crippen molar-refractivity contribution in [3.05, 3.63) is 42.2 Å². The number of benzene rings is 2. The zero-order valence-electron chi connectivity index (χ0n) is 21.5. The van der Waals surface area contributed by atoms with Gasteiger partial charge in [0.25, 0.3) is 0 Å². The van der Waals surface area contributed by atoms with Gasteiger partial charge in [-0.25, -0.2) is 15.0 Å². The molecule has 2 atom stereocenters. The number of thiazole rings is 1. The monoisotopic (exact) mass is 506 g/mol. The van der Waals surface area contributed by atoms with Crippen molar-refractivity contribution in [3.63, 3.8) is 0 Å². The second-order valence-electron chi connectivity index (χ2n) is 10.5. The van der Waals surface area contributed by atoms with Gasteiger partial charge in [0.15, 0.2) is 0 Å². The molecule has 1 aliphatic rings. The van der Waals surface area contributed by atoms with Gasteiger partial charge in [-0.2, -0.15) is 0 Å². The van der Waals surface area contributed by atoms with Crippen LogP contribution in [-0.2, 0) is 0 Å². The lowest BCUT2D eigenvalue weighted by Crippen LogP contribution is -2.33. The number of hydrogen-bond acceptors (Lipinski definition) is 9. The number of likely N-dealkylation sites (N-methyl/N-ethyl adjacent to an activating group) is 1. The van der Waals surface area contributed by atoms with Crippen LogP contribution < -0.4 is 15.0 Å². The average molecular weight is 507 g/mol. The van der Waals surface area contributed by atoms with Crippen molar-refractivity contribution >= 4 is 49.6 Å². The van der Waals surface area contributed by atoms with Gasteiger partial charge < -0.3 is 25.0 Å². The predicted octanol–water partition coefficient (Wildman–Crippen LogP) is 4.91. The molecule has 0 bridgehead atoms. The first-order valence-corrected chi connectivity index (χ1v) is 13.2. The summed E-state index contributed by atoms with van der Waals surface area (Å²) in [6.45, 7) is 8.34. The van der Waals surface area contributed by atoms with E-state index in [1.54, 1.807) is 17.7 Å². The number of fused-ring (bicyclic) bond motifs is 2. The largest absolute Gasteiger partial charge is 0.488 e. The van der Waals surface area contributed by atoms with Gasteiger partial charge in [-0.1, -0.05) is 0 Å². The lowest BCUT2D eigenvalue weighted by Gasteiger charge is -2.27. The van der Waals surface area contributed by atoms with Crippen molar-refractivity contribution in [3.8, 4) is 5.75 Å². The maximum absolute atomic E-state index is 10.6. The standard InChI is InChI=1S/C27H34N6O2S/c1-17(13-32(4)5)35-23-12-20(33-9-8-18(14-33)27(2,3)34)11-22-25(23)26(29-15-28-22)31-19-6-7-21-24(10-19)36-16-30-21/h6-7,10-12,15-18,34H,8-9,13-14H2,1-5H3,(H,28,29,31)/t17-,18+/m0/s1. The lowest BCUT2D eigenvalue weighted by molar-refractivity contribution is 0.0263. The van der Waals surface area contributed by atoms with Crippen LogP contribution in [0.3, 0.4) is 0 Å². The topological polar surface area (TPSA) is 86.6 Å². The van der Waals surface area contributed by atoms with Crippen LogP contribution in [0, 0.1) is 5.92 Å². The quantitative estimate of drug-likeness (QED) is 0.349. The van der Waals surface area contributed by atoms with Gasteiger partial charge in [0.1, 0.15) is 24.0 Å². The maximum atomic E-state index is 10.6. The Labute approximate surface area is 216 Å². The molecule has 0 unspecified atom stereocenters. The van der Waals surface area contributed by atoms with Crippen molar-refractivity contribution in [2.24, 2.45) is 5.92 Å².